The van der Waals surface area contributed by atoms with Crippen LogP contribution >= 0.6 is 0 Å². The molecule has 0 saturated heterocycles. The number of rotatable bonds is 6. The summed E-state index contributed by atoms with van der Waals surface area (Å²) in [6.45, 7) is 0. The molecule has 0 N–H and O–H groups in total. The van der Waals surface area contributed by atoms with Gasteiger partial charge in [0.15, 0.2) is 5.82 Å². The predicted octanol–water partition coefficient (Wildman–Crippen LogP) is 14.5. The van der Waals surface area contributed by atoms with Crippen molar-refractivity contribution >= 4 is 43.1 Å². The lowest BCUT2D eigenvalue weighted by atomic mass is 9.87. The molecule has 0 bridgehead atoms. The molecule has 0 unspecified atom stereocenters. The molecule has 2 aromatic heterocycles. The predicted molar refractivity (Wildman–Crippen MR) is 242 cm³/mol. The van der Waals surface area contributed by atoms with E-state index in [9.17, 15) is 0 Å². The van der Waals surface area contributed by atoms with Gasteiger partial charge in [0.25, 0.3) is 0 Å². The topological polar surface area (TPSA) is 38.7 Å². The van der Waals surface area contributed by atoms with Crippen molar-refractivity contribution in [3.63, 3.8) is 0 Å². The van der Waals surface area contributed by atoms with Crippen molar-refractivity contribution in [1.29, 1.82) is 0 Å². The van der Waals surface area contributed by atoms with Crippen molar-refractivity contribution in [3.8, 4) is 67.3 Å². The Bertz CT molecular complexity index is 3180. The second kappa shape index (κ2) is 14.1. The van der Waals surface area contributed by atoms with Gasteiger partial charge >= 0.3 is 0 Å². The summed E-state index contributed by atoms with van der Waals surface area (Å²) in [5.41, 5.74) is 11.7. The van der Waals surface area contributed by atoms with E-state index in [0.717, 1.165) is 50.3 Å². The Labute approximate surface area is 336 Å². The minimum absolute atomic E-state index is 0.687. The van der Waals surface area contributed by atoms with Gasteiger partial charge in [0.1, 0.15) is 0 Å². The summed E-state index contributed by atoms with van der Waals surface area (Å²) < 4.78 is 0. The van der Waals surface area contributed by atoms with Crippen LogP contribution < -0.4 is 0 Å². The molecule has 11 aromatic rings. The minimum Gasteiger partial charge on any atom is -0.264 e. The standard InChI is InChI=1S/C55H35N3/c1-2-11-36(12-3-1)37-22-30-42(31-23-37)55-57-52(40-26-20-38(21-27-40)43-13-10-32-56-35-43)34-53(58-55)41-28-24-39(25-29-41)50-33-51-46-16-5-4-14-44(46)45-15-6-8-18-48(45)54(51)49-19-9-7-17-47(49)50/h1-35H. The Balaban J connectivity index is 1.03. The molecule has 11 rings (SSSR count). The number of fused-ring (bicyclic) bond motifs is 8. The third-order valence-electron chi connectivity index (χ3n) is 11.4. The van der Waals surface area contributed by atoms with Gasteiger partial charge in [-0.05, 0) is 94.7 Å². The van der Waals surface area contributed by atoms with Crippen LogP contribution in [-0.2, 0) is 0 Å². The third kappa shape index (κ3) is 5.89. The second-order valence-corrected chi connectivity index (χ2v) is 14.8. The van der Waals surface area contributed by atoms with Crippen LogP contribution in [-0.4, -0.2) is 15.0 Å². The van der Waals surface area contributed by atoms with E-state index in [1.165, 1.54) is 54.2 Å². The monoisotopic (exact) mass is 737 g/mol. The fourth-order valence-corrected chi connectivity index (χ4v) is 8.51. The van der Waals surface area contributed by atoms with Crippen molar-refractivity contribution in [2.75, 3.05) is 0 Å². The molecule has 0 spiro atoms. The lowest BCUT2D eigenvalue weighted by Gasteiger charge is -2.16. The molecule has 0 radical (unpaired) electrons. The van der Waals surface area contributed by atoms with Gasteiger partial charge in [-0.15, -0.1) is 0 Å². The SMILES string of the molecule is c1ccc(-c2ccc(-c3nc(-c4ccc(-c5cccnc5)cc4)cc(-c4ccc(-c5cc6c7ccccc7c7ccccc7c6c6ccccc56)cc4)n3)cc2)cc1. The average Bonchev–Trinajstić information content (AvgIpc) is 3.32. The molecule has 58 heavy (non-hydrogen) atoms. The summed E-state index contributed by atoms with van der Waals surface area (Å²) in [6, 6.07) is 71.4. The Hall–Kier alpha value is -7.75. The molecule has 0 saturated carbocycles. The van der Waals surface area contributed by atoms with E-state index in [1.54, 1.807) is 6.20 Å². The highest BCUT2D eigenvalue weighted by Gasteiger charge is 2.16. The first kappa shape index (κ1) is 33.6. The first-order chi connectivity index (χ1) is 28.7. The number of aromatic nitrogens is 3. The van der Waals surface area contributed by atoms with Crippen LogP contribution in [0.1, 0.15) is 0 Å². The van der Waals surface area contributed by atoms with Crippen LogP contribution in [0.15, 0.2) is 213 Å². The molecule has 2 heterocycles. The lowest BCUT2D eigenvalue weighted by molar-refractivity contribution is 1.18. The van der Waals surface area contributed by atoms with E-state index in [4.69, 9.17) is 9.97 Å². The summed E-state index contributed by atoms with van der Waals surface area (Å²) in [5.74, 6) is 0.687. The van der Waals surface area contributed by atoms with E-state index in [1.807, 2.05) is 18.3 Å². The summed E-state index contributed by atoms with van der Waals surface area (Å²) in [7, 11) is 0. The molecule has 0 aliphatic rings. The molecule has 0 aliphatic heterocycles. The molecule has 0 aliphatic carbocycles. The van der Waals surface area contributed by atoms with Crippen molar-refractivity contribution in [3.05, 3.63) is 213 Å². The first-order valence-corrected chi connectivity index (χ1v) is 19.7. The van der Waals surface area contributed by atoms with Gasteiger partial charge in [0, 0.05) is 29.1 Å². The van der Waals surface area contributed by atoms with E-state index in [2.05, 4.69) is 193 Å². The summed E-state index contributed by atoms with van der Waals surface area (Å²) >= 11 is 0. The average molecular weight is 738 g/mol. The molecule has 0 atom stereocenters. The van der Waals surface area contributed by atoms with Crippen LogP contribution in [0.5, 0.6) is 0 Å². The van der Waals surface area contributed by atoms with E-state index < -0.39 is 0 Å². The Morgan fingerprint density at radius 3 is 1.31 bits per heavy atom. The van der Waals surface area contributed by atoms with Crippen molar-refractivity contribution in [1.82, 2.24) is 15.0 Å². The summed E-state index contributed by atoms with van der Waals surface area (Å²) in [4.78, 5) is 14.7. The Morgan fingerprint density at radius 2 is 0.707 bits per heavy atom. The third-order valence-corrected chi connectivity index (χ3v) is 11.4. The summed E-state index contributed by atoms with van der Waals surface area (Å²) in [6.07, 6.45) is 3.69. The number of hydrogen-bond acceptors (Lipinski definition) is 3. The van der Waals surface area contributed by atoms with E-state index >= 15 is 0 Å². The minimum atomic E-state index is 0.687. The molecular formula is C55H35N3. The van der Waals surface area contributed by atoms with Gasteiger partial charge in [-0.2, -0.15) is 0 Å². The zero-order valence-electron chi connectivity index (χ0n) is 31.5. The van der Waals surface area contributed by atoms with E-state index in [-0.39, 0.29) is 0 Å². The summed E-state index contributed by atoms with van der Waals surface area (Å²) in [5, 5.41) is 10.2. The van der Waals surface area contributed by atoms with Gasteiger partial charge in [0.2, 0.25) is 0 Å². The van der Waals surface area contributed by atoms with Crippen molar-refractivity contribution in [2.24, 2.45) is 0 Å². The maximum atomic E-state index is 5.20. The molecular weight excluding hydrogens is 703 g/mol. The number of pyridine rings is 1. The Morgan fingerprint density at radius 1 is 0.276 bits per heavy atom. The van der Waals surface area contributed by atoms with Crippen LogP contribution in [0.2, 0.25) is 0 Å². The van der Waals surface area contributed by atoms with Gasteiger partial charge < -0.3 is 0 Å². The first-order valence-electron chi connectivity index (χ1n) is 19.7. The quantitative estimate of drug-likeness (QED) is 0.160. The number of nitrogens with zero attached hydrogens (tertiary/aromatic N) is 3. The molecule has 0 amide bonds. The highest BCUT2D eigenvalue weighted by molar-refractivity contribution is 6.33. The van der Waals surface area contributed by atoms with E-state index in [0.29, 0.717) is 5.82 Å². The Kier molecular flexibility index (Phi) is 8.15. The fourth-order valence-electron chi connectivity index (χ4n) is 8.51. The van der Waals surface area contributed by atoms with Crippen LogP contribution in [0.25, 0.3) is 110 Å². The van der Waals surface area contributed by atoms with Gasteiger partial charge in [-0.25, -0.2) is 9.97 Å². The van der Waals surface area contributed by atoms with Gasteiger partial charge in [-0.1, -0.05) is 182 Å². The zero-order chi connectivity index (χ0) is 38.4. The molecule has 270 valence electrons. The van der Waals surface area contributed by atoms with Crippen LogP contribution in [0, 0.1) is 0 Å². The molecule has 9 aromatic carbocycles. The molecule has 3 heteroatoms. The molecule has 3 nitrogen and oxygen atoms in total. The number of benzene rings is 9. The normalized spacial score (nSPS) is 11.4. The maximum Gasteiger partial charge on any atom is 0.160 e. The van der Waals surface area contributed by atoms with Crippen molar-refractivity contribution in [2.45, 2.75) is 0 Å². The highest BCUT2D eigenvalue weighted by Crippen LogP contribution is 2.43. The van der Waals surface area contributed by atoms with Crippen LogP contribution in [0.4, 0.5) is 0 Å². The van der Waals surface area contributed by atoms with Crippen LogP contribution in [0.3, 0.4) is 0 Å². The largest absolute Gasteiger partial charge is 0.264 e. The second-order valence-electron chi connectivity index (χ2n) is 14.8. The van der Waals surface area contributed by atoms with Gasteiger partial charge in [0.05, 0.1) is 11.4 Å². The highest BCUT2D eigenvalue weighted by atomic mass is 14.9. The van der Waals surface area contributed by atoms with Gasteiger partial charge in [-0.3, -0.25) is 4.98 Å². The maximum absolute atomic E-state index is 5.20. The zero-order valence-corrected chi connectivity index (χ0v) is 31.5. The molecule has 0 fully saturated rings. The fraction of sp³-hybridized carbons (Fsp3) is 0. The van der Waals surface area contributed by atoms with Crippen molar-refractivity contribution < 1.29 is 0 Å². The smallest absolute Gasteiger partial charge is 0.160 e. The number of hydrogen-bond donors (Lipinski definition) is 0. The lowest BCUT2D eigenvalue weighted by Crippen LogP contribution is -1.96.